The normalized spacial score (nSPS) is 18.2. The number of ether oxygens (including phenoxy) is 1. The van der Waals surface area contributed by atoms with Crippen molar-refractivity contribution in [2.75, 3.05) is 30.4 Å². The Balaban J connectivity index is 1.95. The second kappa shape index (κ2) is 3.69. The van der Waals surface area contributed by atoms with Gasteiger partial charge in [0.2, 0.25) is 0 Å². The molecule has 0 bridgehead atoms. The van der Waals surface area contributed by atoms with Crippen LogP contribution in [-0.4, -0.2) is 25.8 Å². The van der Waals surface area contributed by atoms with Crippen LogP contribution in [0.5, 0.6) is 0 Å². The molecule has 1 fully saturated rings. The second-order valence-corrected chi connectivity index (χ2v) is 4.22. The minimum atomic E-state index is 0.402. The Morgan fingerprint density at radius 3 is 3.00 bits per heavy atom. The Hall–Kier alpha value is -1.73. The molecule has 0 spiro atoms. The van der Waals surface area contributed by atoms with Crippen molar-refractivity contribution in [1.82, 2.24) is 0 Å². The van der Waals surface area contributed by atoms with Crippen LogP contribution in [0.15, 0.2) is 12.1 Å². The predicted octanol–water partition coefficient (Wildman–Crippen LogP) is 1.34. The molecular formula is C12H13N3O. The first-order chi connectivity index (χ1) is 7.86. The van der Waals surface area contributed by atoms with Gasteiger partial charge in [0, 0.05) is 23.5 Å². The summed E-state index contributed by atoms with van der Waals surface area (Å²) in [6.45, 7) is 2.48. The molecule has 4 heteroatoms. The lowest BCUT2D eigenvalue weighted by atomic mass is 10.1. The molecule has 0 unspecified atom stereocenters. The zero-order valence-electron chi connectivity index (χ0n) is 8.92. The Kier molecular flexibility index (Phi) is 2.19. The van der Waals surface area contributed by atoms with Gasteiger partial charge in [-0.25, -0.2) is 0 Å². The van der Waals surface area contributed by atoms with Crippen molar-refractivity contribution in [3.63, 3.8) is 0 Å². The van der Waals surface area contributed by atoms with E-state index in [-0.39, 0.29) is 0 Å². The smallest absolute Gasteiger partial charge is 0.0993 e. The van der Waals surface area contributed by atoms with Crippen LogP contribution < -0.4 is 10.6 Å². The van der Waals surface area contributed by atoms with Gasteiger partial charge in [0.05, 0.1) is 30.9 Å². The van der Waals surface area contributed by atoms with Crippen molar-refractivity contribution in [1.29, 1.82) is 5.26 Å². The molecule has 2 N–H and O–H groups in total. The van der Waals surface area contributed by atoms with Crippen LogP contribution in [0.3, 0.4) is 0 Å². The highest BCUT2D eigenvalue weighted by Crippen LogP contribution is 2.31. The first kappa shape index (κ1) is 9.49. The van der Waals surface area contributed by atoms with Crippen LogP contribution in [-0.2, 0) is 11.2 Å². The third kappa shape index (κ3) is 1.50. The highest BCUT2D eigenvalue weighted by atomic mass is 16.5. The number of hydrogen-bond acceptors (Lipinski definition) is 4. The third-order valence-electron chi connectivity index (χ3n) is 3.07. The monoisotopic (exact) mass is 215 g/mol. The van der Waals surface area contributed by atoms with Crippen LogP contribution in [0.4, 0.5) is 11.4 Å². The molecule has 1 saturated heterocycles. The van der Waals surface area contributed by atoms with Crippen molar-refractivity contribution in [2.45, 2.75) is 12.5 Å². The van der Waals surface area contributed by atoms with E-state index in [0.717, 1.165) is 37.6 Å². The van der Waals surface area contributed by atoms with Gasteiger partial charge in [-0.1, -0.05) is 0 Å². The van der Waals surface area contributed by atoms with Crippen LogP contribution in [0.2, 0.25) is 0 Å². The van der Waals surface area contributed by atoms with E-state index in [1.54, 1.807) is 0 Å². The maximum Gasteiger partial charge on any atom is 0.0993 e. The summed E-state index contributed by atoms with van der Waals surface area (Å²) in [5, 5.41) is 15.7. The van der Waals surface area contributed by atoms with Crippen molar-refractivity contribution in [3.8, 4) is 6.07 Å². The van der Waals surface area contributed by atoms with Crippen LogP contribution in [0.25, 0.3) is 0 Å². The highest BCUT2D eigenvalue weighted by molar-refractivity contribution is 5.71. The summed E-state index contributed by atoms with van der Waals surface area (Å²) in [6, 6.07) is 6.45. The van der Waals surface area contributed by atoms with E-state index in [2.05, 4.69) is 16.7 Å². The van der Waals surface area contributed by atoms with Crippen molar-refractivity contribution in [2.24, 2.45) is 0 Å². The highest BCUT2D eigenvalue weighted by Gasteiger charge is 2.22. The average Bonchev–Trinajstić information content (AvgIpc) is 2.70. The van der Waals surface area contributed by atoms with E-state index in [9.17, 15) is 0 Å². The third-order valence-corrected chi connectivity index (χ3v) is 3.07. The Morgan fingerprint density at radius 1 is 1.44 bits per heavy atom. The van der Waals surface area contributed by atoms with Gasteiger partial charge < -0.3 is 15.4 Å². The molecule has 0 aromatic heterocycles. The Morgan fingerprint density at radius 2 is 2.31 bits per heavy atom. The zero-order valence-corrected chi connectivity index (χ0v) is 8.92. The van der Waals surface area contributed by atoms with E-state index in [4.69, 9.17) is 10.00 Å². The van der Waals surface area contributed by atoms with Gasteiger partial charge in [-0.15, -0.1) is 0 Å². The van der Waals surface area contributed by atoms with Gasteiger partial charge in [-0.05, 0) is 18.6 Å². The molecule has 0 saturated carbocycles. The summed E-state index contributed by atoms with van der Waals surface area (Å²) in [4.78, 5) is 0. The molecule has 0 atom stereocenters. The van der Waals surface area contributed by atoms with Gasteiger partial charge in [0.25, 0.3) is 0 Å². The topological polar surface area (TPSA) is 57.1 Å². The van der Waals surface area contributed by atoms with E-state index in [1.165, 1.54) is 5.56 Å². The van der Waals surface area contributed by atoms with Gasteiger partial charge in [-0.2, -0.15) is 5.26 Å². The molecule has 4 nitrogen and oxygen atoms in total. The van der Waals surface area contributed by atoms with Crippen LogP contribution >= 0.6 is 0 Å². The fraction of sp³-hybridized carbons (Fsp3) is 0.417. The van der Waals surface area contributed by atoms with Gasteiger partial charge in [-0.3, -0.25) is 0 Å². The fourth-order valence-electron chi connectivity index (χ4n) is 2.15. The van der Waals surface area contributed by atoms with Crippen molar-refractivity contribution < 1.29 is 4.74 Å². The summed E-state index contributed by atoms with van der Waals surface area (Å²) < 4.78 is 5.14. The van der Waals surface area contributed by atoms with E-state index < -0.39 is 0 Å². The van der Waals surface area contributed by atoms with E-state index >= 15 is 0 Å². The van der Waals surface area contributed by atoms with Gasteiger partial charge >= 0.3 is 0 Å². The first-order valence-corrected chi connectivity index (χ1v) is 5.52. The van der Waals surface area contributed by atoms with Gasteiger partial charge in [0.15, 0.2) is 0 Å². The molecule has 0 aliphatic carbocycles. The largest absolute Gasteiger partial charge is 0.384 e. The minimum Gasteiger partial charge on any atom is -0.384 e. The number of nitrogens with one attached hydrogen (secondary N) is 2. The van der Waals surface area contributed by atoms with Crippen LogP contribution in [0.1, 0.15) is 11.1 Å². The quantitative estimate of drug-likeness (QED) is 0.781. The predicted molar refractivity (Wildman–Crippen MR) is 61.6 cm³/mol. The number of rotatable bonds is 2. The molecule has 1 aromatic rings. The summed E-state index contributed by atoms with van der Waals surface area (Å²) in [5.74, 6) is 0. The molecule has 0 radical (unpaired) electrons. The maximum absolute atomic E-state index is 8.97. The minimum absolute atomic E-state index is 0.402. The lowest BCUT2D eigenvalue weighted by Crippen LogP contribution is -2.40. The molecule has 2 aliphatic rings. The lowest BCUT2D eigenvalue weighted by Gasteiger charge is -2.28. The molecule has 1 aromatic carbocycles. The summed E-state index contributed by atoms with van der Waals surface area (Å²) in [6.07, 6.45) is 1.02. The van der Waals surface area contributed by atoms with E-state index in [0.29, 0.717) is 11.6 Å². The second-order valence-electron chi connectivity index (χ2n) is 4.22. The summed E-state index contributed by atoms with van der Waals surface area (Å²) in [5.41, 5.74) is 4.19. The van der Waals surface area contributed by atoms with Crippen molar-refractivity contribution >= 4 is 11.4 Å². The van der Waals surface area contributed by atoms with Crippen molar-refractivity contribution in [3.05, 3.63) is 23.3 Å². The van der Waals surface area contributed by atoms with E-state index in [1.807, 2.05) is 12.1 Å². The standard InChI is InChI=1S/C12H13N3O/c13-5-8-3-11-10(1-2-14-11)12(4-8)15-9-6-16-7-9/h3-4,9,14-15H,1-2,6-7H2. The fourth-order valence-corrected chi connectivity index (χ4v) is 2.15. The summed E-state index contributed by atoms with van der Waals surface area (Å²) >= 11 is 0. The van der Waals surface area contributed by atoms with Gasteiger partial charge in [0.1, 0.15) is 0 Å². The molecule has 82 valence electrons. The number of benzene rings is 1. The maximum atomic E-state index is 8.97. The molecule has 16 heavy (non-hydrogen) atoms. The number of fused-ring (bicyclic) bond motifs is 1. The molecule has 0 amide bonds. The first-order valence-electron chi connectivity index (χ1n) is 5.52. The zero-order chi connectivity index (χ0) is 11.0. The lowest BCUT2D eigenvalue weighted by molar-refractivity contribution is 0.0211. The Bertz CT molecular complexity index is 460. The average molecular weight is 215 g/mol. The molecular weight excluding hydrogens is 202 g/mol. The number of anilines is 2. The van der Waals surface area contributed by atoms with Crippen LogP contribution in [0, 0.1) is 11.3 Å². The number of hydrogen-bond donors (Lipinski definition) is 2. The number of nitrogens with zero attached hydrogens (tertiary/aromatic N) is 1. The summed E-state index contributed by atoms with van der Waals surface area (Å²) in [7, 11) is 0. The molecule has 2 aliphatic heterocycles. The number of nitriles is 1. The molecule has 2 heterocycles. The Labute approximate surface area is 94.2 Å². The molecule has 3 rings (SSSR count). The SMILES string of the molecule is N#Cc1cc2c(c(NC3COC3)c1)CCN2.